The lowest BCUT2D eigenvalue weighted by molar-refractivity contribution is 0.580. The Morgan fingerprint density at radius 2 is 1.44 bits per heavy atom. The molecule has 0 bridgehead atoms. The van der Waals surface area contributed by atoms with Crippen molar-refractivity contribution in [2.45, 2.75) is 51.9 Å². The van der Waals surface area contributed by atoms with Crippen molar-refractivity contribution in [2.75, 3.05) is 0 Å². The Labute approximate surface area is 163 Å². The first kappa shape index (κ1) is 19.4. The van der Waals surface area contributed by atoms with Crippen LogP contribution < -0.4 is 0 Å². The van der Waals surface area contributed by atoms with Gasteiger partial charge in [0.1, 0.15) is 5.82 Å². The first-order valence-corrected chi connectivity index (χ1v) is 10.1. The van der Waals surface area contributed by atoms with Gasteiger partial charge in [-0.15, -0.1) is 0 Å². The molecule has 0 saturated heterocycles. The molecule has 0 radical (unpaired) electrons. The van der Waals surface area contributed by atoms with Gasteiger partial charge in [0.25, 0.3) is 0 Å². The topological polar surface area (TPSA) is 0 Å². The van der Waals surface area contributed by atoms with E-state index in [2.05, 4.69) is 38.1 Å². The van der Waals surface area contributed by atoms with E-state index in [0.717, 1.165) is 16.7 Å². The van der Waals surface area contributed by atoms with E-state index in [-0.39, 0.29) is 5.82 Å². The molecule has 3 aromatic carbocycles. The molecule has 0 N–H and O–H groups in total. The molecule has 27 heavy (non-hydrogen) atoms. The van der Waals surface area contributed by atoms with Gasteiger partial charge in [-0.1, -0.05) is 106 Å². The van der Waals surface area contributed by atoms with Gasteiger partial charge in [-0.3, -0.25) is 0 Å². The standard InChI is InChI=1S/C26H29F/c1-3-4-5-7-10-20(2)21-13-15-23(16-14-21)25-18-17-24(19-26(25)27)22-11-8-6-9-12-22/h6,8-9,11-20H,3-5,7,10H2,1-2H3. The number of hydrogen-bond donors (Lipinski definition) is 0. The van der Waals surface area contributed by atoms with Gasteiger partial charge in [-0.05, 0) is 40.7 Å². The van der Waals surface area contributed by atoms with Crippen LogP contribution in [0.15, 0.2) is 72.8 Å². The molecular formula is C26H29F. The van der Waals surface area contributed by atoms with Crippen molar-refractivity contribution in [3.63, 3.8) is 0 Å². The summed E-state index contributed by atoms with van der Waals surface area (Å²) in [7, 11) is 0. The average molecular weight is 361 g/mol. The number of benzene rings is 3. The summed E-state index contributed by atoms with van der Waals surface area (Å²) in [6, 6.07) is 23.9. The predicted octanol–water partition coefficient (Wildman–Crippen LogP) is 8.23. The fourth-order valence-corrected chi connectivity index (χ4v) is 3.59. The van der Waals surface area contributed by atoms with Crippen LogP contribution in [0.3, 0.4) is 0 Å². The van der Waals surface area contributed by atoms with Crippen LogP contribution in [0.5, 0.6) is 0 Å². The minimum Gasteiger partial charge on any atom is -0.206 e. The summed E-state index contributed by atoms with van der Waals surface area (Å²) in [4.78, 5) is 0. The second-order valence-corrected chi connectivity index (χ2v) is 7.43. The molecule has 1 unspecified atom stereocenters. The summed E-state index contributed by atoms with van der Waals surface area (Å²) >= 11 is 0. The van der Waals surface area contributed by atoms with Crippen molar-refractivity contribution < 1.29 is 4.39 Å². The molecular weight excluding hydrogens is 331 g/mol. The Bertz CT molecular complexity index is 834. The molecule has 0 heterocycles. The summed E-state index contributed by atoms with van der Waals surface area (Å²) in [5, 5.41) is 0. The summed E-state index contributed by atoms with van der Waals surface area (Å²) in [6.07, 6.45) is 6.42. The van der Waals surface area contributed by atoms with Crippen LogP contribution in [0.25, 0.3) is 22.3 Å². The lowest BCUT2D eigenvalue weighted by atomic mass is 9.92. The first-order chi connectivity index (χ1) is 13.2. The molecule has 0 amide bonds. The molecule has 0 saturated carbocycles. The van der Waals surface area contributed by atoms with E-state index in [1.54, 1.807) is 6.07 Å². The number of rotatable bonds is 8. The maximum absolute atomic E-state index is 14.7. The fourth-order valence-electron chi connectivity index (χ4n) is 3.59. The monoisotopic (exact) mass is 360 g/mol. The smallest absolute Gasteiger partial charge is 0.131 e. The molecule has 140 valence electrons. The molecule has 0 fully saturated rings. The third-order valence-corrected chi connectivity index (χ3v) is 5.36. The van der Waals surface area contributed by atoms with Gasteiger partial charge in [0, 0.05) is 5.56 Å². The normalized spacial score (nSPS) is 12.1. The maximum Gasteiger partial charge on any atom is 0.131 e. The second-order valence-electron chi connectivity index (χ2n) is 7.43. The molecule has 0 aliphatic carbocycles. The Morgan fingerprint density at radius 1 is 0.741 bits per heavy atom. The summed E-state index contributed by atoms with van der Waals surface area (Å²) in [5.74, 6) is 0.387. The molecule has 0 spiro atoms. The van der Waals surface area contributed by atoms with Crippen LogP contribution in [0, 0.1) is 5.82 Å². The third-order valence-electron chi connectivity index (χ3n) is 5.36. The first-order valence-electron chi connectivity index (χ1n) is 10.1. The number of unbranched alkanes of at least 4 members (excludes halogenated alkanes) is 3. The predicted molar refractivity (Wildman–Crippen MR) is 114 cm³/mol. The van der Waals surface area contributed by atoms with Gasteiger partial charge < -0.3 is 0 Å². The molecule has 1 heteroatoms. The van der Waals surface area contributed by atoms with Gasteiger partial charge in [0.2, 0.25) is 0 Å². The maximum atomic E-state index is 14.7. The molecule has 0 aliphatic rings. The minimum absolute atomic E-state index is 0.170. The van der Waals surface area contributed by atoms with Crippen LogP contribution in [0.2, 0.25) is 0 Å². The quantitative estimate of drug-likeness (QED) is 0.355. The molecule has 1 atom stereocenters. The third kappa shape index (κ3) is 5.07. The Morgan fingerprint density at radius 3 is 2.11 bits per heavy atom. The van der Waals surface area contributed by atoms with Crippen LogP contribution in [-0.4, -0.2) is 0 Å². The highest BCUT2D eigenvalue weighted by Crippen LogP contribution is 2.30. The highest BCUT2D eigenvalue weighted by molar-refractivity contribution is 5.71. The van der Waals surface area contributed by atoms with E-state index < -0.39 is 0 Å². The van der Waals surface area contributed by atoms with Crippen LogP contribution in [0.1, 0.15) is 57.4 Å². The highest BCUT2D eigenvalue weighted by Gasteiger charge is 2.09. The molecule has 0 aliphatic heterocycles. The molecule has 0 nitrogen and oxygen atoms in total. The zero-order chi connectivity index (χ0) is 19.1. The zero-order valence-corrected chi connectivity index (χ0v) is 16.4. The lowest BCUT2D eigenvalue weighted by Crippen LogP contribution is -1.94. The van der Waals surface area contributed by atoms with Gasteiger partial charge in [0.15, 0.2) is 0 Å². The Kier molecular flexibility index (Phi) is 6.81. The number of halogens is 1. The van der Waals surface area contributed by atoms with Crippen molar-refractivity contribution >= 4 is 0 Å². The highest BCUT2D eigenvalue weighted by atomic mass is 19.1. The van der Waals surface area contributed by atoms with Crippen molar-refractivity contribution in [3.8, 4) is 22.3 Å². The molecule has 3 rings (SSSR count). The van der Waals surface area contributed by atoms with Crippen LogP contribution in [-0.2, 0) is 0 Å². The Balaban J connectivity index is 1.71. The van der Waals surface area contributed by atoms with Gasteiger partial charge in [-0.2, -0.15) is 0 Å². The van der Waals surface area contributed by atoms with Gasteiger partial charge in [0.05, 0.1) is 0 Å². The second kappa shape index (κ2) is 9.50. The number of hydrogen-bond acceptors (Lipinski definition) is 0. The van der Waals surface area contributed by atoms with E-state index in [0.29, 0.717) is 11.5 Å². The van der Waals surface area contributed by atoms with Crippen molar-refractivity contribution in [2.24, 2.45) is 0 Å². The Hall–Kier alpha value is -2.41. The zero-order valence-electron chi connectivity index (χ0n) is 16.4. The molecule has 0 aromatic heterocycles. The van der Waals surface area contributed by atoms with E-state index in [1.807, 2.05) is 42.5 Å². The largest absolute Gasteiger partial charge is 0.206 e. The molecule has 3 aromatic rings. The van der Waals surface area contributed by atoms with Crippen molar-refractivity contribution in [3.05, 3.63) is 84.2 Å². The minimum atomic E-state index is -0.170. The SMILES string of the molecule is CCCCCCC(C)c1ccc(-c2ccc(-c3ccccc3)cc2F)cc1. The summed E-state index contributed by atoms with van der Waals surface area (Å²) in [6.45, 7) is 4.53. The van der Waals surface area contributed by atoms with Gasteiger partial charge in [-0.25, -0.2) is 4.39 Å². The summed E-state index contributed by atoms with van der Waals surface area (Å²) < 4.78 is 14.7. The van der Waals surface area contributed by atoms with Crippen molar-refractivity contribution in [1.82, 2.24) is 0 Å². The fraction of sp³-hybridized carbons (Fsp3) is 0.308. The average Bonchev–Trinajstić information content (AvgIpc) is 2.72. The van der Waals surface area contributed by atoms with Crippen LogP contribution >= 0.6 is 0 Å². The lowest BCUT2D eigenvalue weighted by Gasteiger charge is -2.13. The van der Waals surface area contributed by atoms with E-state index in [4.69, 9.17) is 0 Å². The summed E-state index contributed by atoms with van der Waals surface area (Å²) in [5.41, 5.74) is 4.90. The van der Waals surface area contributed by atoms with Crippen molar-refractivity contribution in [1.29, 1.82) is 0 Å². The van der Waals surface area contributed by atoms with E-state index in [1.165, 1.54) is 37.7 Å². The van der Waals surface area contributed by atoms with Gasteiger partial charge >= 0.3 is 0 Å². The van der Waals surface area contributed by atoms with Crippen LogP contribution in [0.4, 0.5) is 4.39 Å². The van der Waals surface area contributed by atoms with E-state index >= 15 is 0 Å². The van der Waals surface area contributed by atoms with E-state index in [9.17, 15) is 4.39 Å².